The van der Waals surface area contributed by atoms with Gasteiger partial charge in [0.15, 0.2) is 0 Å². The van der Waals surface area contributed by atoms with Gasteiger partial charge < -0.3 is 14.6 Å². The molecular weight excluding hydrogens is 146 g/mol. The Morgan fingerprint density at radius 1 is 1.55 bits per heavy atom. The molecule has 0 aliphatic rings. The molecule has 0 rings (SSSR count). The van der Waals surface area contributed by atoms with Gasteiger partial charge in [0.05, 0.1) is 6.61 Å². The third-order valence-corrected chi connectivity index (χ3v) is 1.36. The third kappa shape index (κ3) is 2.98. The summed E-state index contributed by atoms with van der Waals surface area (Å²) in [6.07, 6.45) is 1.49. The van der Waals surface area contributed by atoms with Crippen LogP contribution < -0.4 is 5.32 Å². The number of hydrogen-bond acceptors (Lipinski definition) is 4. The molecule has 0 saturated carbocycles. The summed E-state index contributed by atoms with van der Waals surface area (Å²) in [4.78, 5) is 0. The molecule has 0 radical (unpaired) electrons. The highest BCUT2D eigenvalue weighted by molar-refractivity contribution is 4.86. The van der Waals surface area contributed by atoms with Crippen LogP contribution in [-0.2, 0) is 9.47 Å². The first-order chi connectivity index (χ1) is 5.24. The quantitative estimate of drug-likeness (QED) is 0.415. The minimum Gasteiger partial charge on any atom is -0.395 e. The van der Waals surface area contributed by atoms with Crippen LogP contribution in [0.15, 0.2) is 12.7 Å². The Bertz CT molecular complexity index is 112. The molecule has 0 spiro atoms. The topological polar surface area (TPSA) is 50.7 Å². The first-order valence-electron chi connectivity index (χ1n) is 3.34. The molecule has 0 aromatic rings. The summed E-state index contributed by atoms with van der Waals surface area (Å²) in [7, 11) is 2.99. The molecule has 11 heavy (non-hydrogen) atoms. The number of methoxy groups -OCH3 is 2. The van der Waals surface area contributed by atoms with Gasteiger partial charge in [-0.25, -0.2) is 0 Å². The van der Waals surface area contributed by atoms with Crippen LogP contribution in [-0.4, -0.2) is 38.4 Å². The van der Waals surface area contributed by atoms with Crippen molar-refractivity contribution in [2.75, 3.05) is 27.4 Å². The number of hydrogen-bond donors (Lipinski definition) is 2. The second-order valence-corrected chi connectivity index (χ2v) is 1.93. The summed E-state index contributed by atoms with van der Waals surface area (Å²) in [6.45, 7) is 3.96. The zero-order valence-electron chi connectivity index (χ0n) is 6.96. The Kier molecular flexibility index (Phi) is 5.06. The maximum Gasteiger partial charge on any atom is 0.247 e. The molecule has 0 bridgehead atoms. The van der Waals surface area contributed by atoms with Crippen molar-refractivity contribution < 1.29 is 14.6 Å². The lowest BCUT2D eigenvalue weighted by atomic mass is 10.4. The normalized spacial score (nSPS) is 11.5. The van der Waals surface area contributed by atoms with Crippen LogP contribution in [0.2, 0.25) is 0 Å². The van der Waals surface area contributed by atoms with Gasteiger partial charge in [-0.2, -0.15) is 0 Å². The van der Waals surface area contributed by atoms with Crippen molar-refractivity contribution in [3.63, 3.8) is 0 Å². The van der Waals surface area contributed by atoms with E-state index in [4.69, 9.17) is 14.6 Å². The molecule has 0 aliphatic carbocycles. The second kappa shape index (κ2) is 5.26. The SMILES string of the molecule is C=CC(NCCO)(OC)OC. The van der Waals surface area contributed by atoms with Crippen molar-refractivity contribution in [3.8, 4) is 0 Å². The fourth-order valence-electron chi connectivity index (χ4n) is 0.697. The first kappa shape index (κ1) is 10.6. The lowest BCUT2D eigenvalue weighted by molar-refractivity contribution is -0.191. The number of ether oxygens (including phenoxy) is 2. The van der Waals surface area contributed by atoms with E-state index in [2.05, 4.69) is 11.9 Å². The van der Waals surface area contributed by atoms with E-state index in [1.807, 2.05) is 0 Å². The fourth-order valence-corrected chi connectivity index (χ4v) is 0.697. The maximum absolute atomic E-state index is 8.51. The average Bonchev–Trinajstić information content (AvgIpc) is 2.08. The van der Waals surface area contributed by atoms with Gasteiger partial charge in [-0.3, -0.25) is 5.32 Å². The maximum atomic E-state index is 8.51. The van der Waals surface area contributed by atoms with Gasteiger partial charge in [-0.05, 0) is 6.08 Å². The summed E-state index contributed by atoms with van der Waals surface area (Å²) in [5, 5.41) is 11.3. The summed E-state index contributed by atoms with van der Waals surface area (Å²) in [5.74, 6) is -0.970. The molecule has 4 nitrogen and oxygen atoms in total. The van der Waals surface area contributed by atoms with Crippen molar-refractivity contribution in [1.29, 1.82) is 0 Å². The molecule has 4 heteroatoms. The monoisotopic (exact) mass is 161 g/mol. The lowest BCUT2D eigenvalue weighted by Crippen LogP contribution is -2.47. The van der Waals surface area contributed by atoms with Gasteiger partial charge in [0, 0.05) is 20.8 Å². The standard InChI is InChI=1S/C7H15NO3/c1-4-7(10-2,11-3)8-5-6-9/h4,8-9H,1,5-6H2,2-3H3. The predicted molar refractivity (Wildman–Crippen MR) is 42.0 cm³/mol. The molecule has 0 aromatic carbocycles. The molecule has 0 amide bonds. The van der Waals surface area contributed by atoms with Crippen molar-refractivity contribution in [3.05, 3.63) is 12.7 Å². The Hall–Kier alpha value is -0.420. The number of aliphatic hydroxyl groups excluding tert-OH is 1. The molecule has 0 fully saturated rings. The Morgan fingerprint density at radius 3 is 2.36 bits per heavy atom. The molecule has 0 atom stereocenters. The molecule has 0 heterocycles. The van der Waals surface area contributed by atoms with E-state index in [1.165, 1.54) is 20.3 Å². The van der Waals surface area contributed by atoms with Gasteiger partial charge in [-0.1, -0.05) is 6.58 Å². The molecule has 0 aliphatic heterocycles. The Morgan fingerprint density at radius 2 is 2.09 bits per heavy atom. The van der Waals surface area contributed by atoms with Crippen LogP contribution >= 0.6 is 0 Å². The van der Waals surface area contributed by atoms with Gasteiger partial charge in [-0.15, -0.1) is 0 Å². The zero-order valence-corrected chi connectivity index (χ0v) is 6.96. The van der Waals surface area contributed by atoms with Crippen LogP contribution in [0.4, 0.5) is 0 Å². The molecule has 66 valence electrons. The van der Waals surface area contributed by atoms with E-state index < -0.39 is 5.91 Å². The lowest BCUT2D eigenvalue weighted by Gasteiger charge is -2.27. The smallest absolute Gasteiger partial charge is 0.247 e. The molecular formula is C7H15NO3. The molecule has 2 N–H and O–H groups in total. The second-order valence-electron chi connectivity index (χ2n) is 1.93. The van der Waals surface area contributed by atoms with Crippen LogP contribution in [0.5, 0.6) is 0 Å². The van der Waals surface area contributed by atoms with Crippen LogP contribution in [0.25, 0.3) is 0 Å². The first-order valence-corrected chi connectivity index (χ1v) is 3.34. The van der Waals surface area contributed by atoms with E-state index in [1.54, 1.807) is 0 Å². The van der Waals surface area contributed by atoms with E-state index in [9.17, 15) is 0 Å². The largest absolute Gasteiger partial charge is 0.395 e. The summed E-state index contributed by atoms with van der Waals surface area (Å²) in [5.41, 5.74) is 0. The van der Waals surface area contributed by atoms with E-state index >= 15 is 0 Å². The highest BCUT2D eigenvalue weighted by atomic mass is 16.7. The zero-order chi connectivity index (χ0) is 8.74. The van der Waals surface area contributed by atoms with Crippen molar-refractivity contribution in [2.24, 2.45) is 0 Å². The Balaban J connectivity index is 3.94. The van der Waals surface area contributed by atoms with Crippen molar-refractivity contribution >= 4 is 0 Å². The van der Waals surface area contributed by atoms with Crippen LogP contribution in [0.3, 0.4) is 0 Å². The Labute approximate surface area is 66.8 Å². The summed E-state index contributed by atoms with van der Waals surface area (Å²) in [6, 6.07) is 0. The van der Waals surface area contributed by atoms with Gasteiger partial charge in [0.2, 0.25) is 5.91 Å². The summed E-state index contributed by atoms with van der Waals surface area (Å²) >= 11 is 0. The summed E-state index contributed by atoms with van der Waals surface area (Å²) < 4.78 is 9.95. The predicted octanol–water partition coefficient (Wildman–Crippen LogP) is -0.299. The molecule has 0 aromatic heterocycles. The number of rotatable bonds is 6. The number of aliphatic hydroxyl groups is 1. The third-order valence-electron chi connectivity index (χ3n) is 1.36. The minimum absolute atomic E-state index is 0.0301. The van der Waals surface area contributed by atoms with Crippen molar-refractivity contribution in [1.82, 2.24) is 5.32 Å². The highest BCUT2D eigenvalue weighted by Crippen LogP contribution is 2.06. The van der Waals surface area contributed by atoms with Crippen molar-refractivity contribution in [2.45, 2.75) is 5.91 Å². The highest BCUT2D eigenvalue weighted by Gasteiger charge is 2.23. The molecule has 0 saturated heterocycles. The van der Waals surface area contributed by atoms with Crippen LogP contribution in [0, 0.1) is 0 Å². The van der Waals surface area contributed by atoms with E-state index in [0.717, 1.165) is 0 Å². The molecule has 0 unspecified atom stereocenters. The van der Waals surface area contributed by atoms with E-state index in [0.29, 0.717) is 6.54 Å². The average molecular weight is 161 g/mol. The van der Waals surface area contributed by atoms with Gasteiger partial charge in [0.1, 0.15) is 0 Å². The van der Waals surface area contributed by atoms with Crippen LogP contribution in [0.1, 0.15) is 0 Å². The number of nitrogens with one attached hydrogen (secondary N) is 1. The van der Waals surface area contributed by atoms with Gasteiger partial charge >= 0.3 is 0 Å². The minimum atomic E-state index is -0.970. The fraction of sp³-hybridized carbons (Fsp3) is 0.714. The van der Waals surface area contributed by atoms with E-state index in [-0.39, 0.29) is 6.61 Å². The van der Waals surface area contributed by atoms with Gasteiger partial charge in [0.25, 0.3) is 0 Å².